The van der Waals surface area contributed by atoms with Crippen LogP contribution in [0.4, 0.5) is 0 Å². The predicted octanol–water partition coefficient (Wildman–Crippen LogP) is 3.08. The second kappa shape index (κ2) is 7.24. The largest absolute Gasteiger partial charge is 0.450 e. The quantitative estimate of drug-likeness (QED) is 0.456. The number of carbonyl (C=O) groups is 1. The number of hydrogen-bond donors (Lipinski definition) is 0. The molecule has 5 nitrogen and oxygen atoms in total. The van der Waals surface area contributed by atoms with E-state index in [1.807, 2.05) is 30.3 Å². The van der Waals surface area contributed by atoms with Crippen LogP contribution in [0.25, 0.3) is 5.57 Å². The summed E-state index contributed by atoms with van der Waals surface area (Å²) < 4.78 is 25.8. The minimum atomic E-state index is -3.32. The first kappa shape index (κ1) is 15.6. The van der Waals surface area contributed by atoms with Crippen molar-refractivity contribution < 1.29 is 23.1 Å². The van der Waals surface area contributed by atoms with Crippen LogP contribution in [0.3, 0.4) is 0 Å². The van der Waals surface area contributed by atoms with Crippen LogP contribution in [0.15, 0.2) is 36.4 Å². The average Bonchev–Trinajstić information content (AvgIpc) is 2.45. The van der Waals surface area contributed by atoms with Gasteiger partial charge >= 0.3 is 13.6 Å². The van der Waals surface area contributed by atoms with E-state index in [2.05, 4.69) is 9.05 Å². The highest BCUT2D eigenvalue weighted by molar-refractivity contribution is 7.53. The zero-order valence-electron chi connectivity index (χ0n) is 11.2. The first-order valence-corrected chi connectivity index (χ1v) is 7.34. The van der Waals surface area contributed by atoms with Crippen molar-refractivity contribution in [3.8, 4) is 0 Å². The van der Waals surface area contributed by atoms with Crippen molar-refractivity contribution in [2.75, 3.05) is 20.6 Å². The van der Waals surface area contributed by atoms with Gasteiger partial charge in [0.15, 0.2) is 6.35 Å². The number of ether oxygens (including phenoxy) is 1. The summed E-state index contributed by atoms with van der Waals surface area (Å²) in [6, 6.07) is 9.41. The molecule has 0 aliphatic heterocycles. The van der Waals surface area contributed by atoms with Crippen molar-refractivity contribution in [3.63, 3.8) is 0 Å². The maximum atomic E-state index is 11.7. The molecule has 1 rings (SSSR count). The standard InChI is InChI=1S/C13H17O5P/c1-11(12-7-5-4-6-8-12)9-13(14)18-10-19(15,16-2)17-3/h4-9H,10H2,1-3H3. The number of esters is 1. The molecule has 0 aliphatic rings. The number of benzene rings is 1. The molecular weight excluding hydrogens is 267 g/mol. The van der Waals surface area contributed by atoms with Crippen LogP contribution in [-0.4, -0.2) is 26.5 Å². The third kappa shape index (κ3) is 4.99. The maximum Gasteiger partial charge on any atom is 0.367 e. The third-order valence-corrected chi connectivity index (χ3v) is 4.04. The molecular formula is C13H17O5P. The van der Waals surface area contributed by atoms with Gasteiger partial charge in [0.05, 0.1) is 0 Å². The highest BCUT2D eigenvalue weighted by Gasteiger charge is 2.23. The lowest BCUT2D eigenvalue weighted by Crippen LogP contribution is -2.05. The minimum absolute atomic E-state index is 0.405. The summed E-state index contributed by atoms with van der Waals surface area (Å²) in [5.41, 5.74) is 1.68. The molecule has 0 aliphatic carbocycles. The van der Waals surface area contributed by atoms with E-state index in [4.69, 9.17) is 4.74 Å². The Morgan fingerprint density at radius 2 is 1.79 bits per heavy atom. The molecule has 0 radical (unpaired) electrons. The second-order valence-corrected chi connectivity index (χ2v) is 5.97. The molecule has 6 heteroatoms. The molecule has 0 N–H and O–H groups in total. The van der Waals surface area contributed by atoms with Gasteiger partial charge < -0.3 is 13.8 Å². The first-order valence-electron chi connectivity index (χ1n) is 5.62. The molecule has 0 saturated carbocycles. The number of carbonyl (C=O) groups excluding carboxylic acids is 1. The first-order chi connectivity index (χ1) is 9.00. The van der Waals surface area contributed by atoms with E-state index in [0.717, 1.165) is 11.1 Å². The Kier molecular flexibility index (Phi) is 5.96. The summed E-state index contributed by atoms with van der Waals surface area (Å²) in [4.78, 5) is 11.6. The SMILES string of the molecule is COP(=O)(COC(=O)C=C(C)c1ccccc1)OC. The van der Waals surface area contributed by atoms with Gasteiger partial charge in [-0.05, 0) is 18.1 Å². The average molecular weight is 284 g/mol. The molecule has 0 heterocycles. The smallest absolute Gasteiger partial charge is 0.367 e. The van der Waals surface area contributed by atoms with Crippen molar-refractivity contribution in [2.24, 2.45) is 0 Å². The van der Waals surface area contributed by atoms with Gasteiger partial charge in [0.1, 0.15) is 0 Å². The molecule has 1 aromatic rings. The molecule has 0 fully saturated rings. The fraction of sp³-hybridized carbons (Fsp3) is 0.308. The fourth-order valence-electron chi connectivity index (χ4n) is 1.33. The van der Waals surface area contributed by atoms with Gasteiger partial charge in [-0.2, -0.15) is 0 Å². The summed E-state index contributed by atoms with van der Waals surface area (Å²) >= 11 is 0. The lowest BCUT2D eigenvalue weighted by molar-refractivity contribution is -0.136. The Balaban J connectivity index is 2.63. The molecule has 0 aromatic heterocycles. The van der Waals surface area contributed by atoms with Crippen LogP contribution >= 0.6 is 7.60 Å². The zero-order chi connectivity index (χ0) is 14.3. The van der Waals surface area contributed by atoms with Crippen molar-refractivity contribution in [2.45, 2.75) is 6.92 Å². The van der Waals surface area contributed by atoms with E-state index in [1.165, 1.54) is 20.3 Å². The van der Waals surface area contributed by atoms with Crippen molar-refractivity contribution in [3.05, 3.63) is 42.0 Å². The van der Waals surface area contributed by atoms with Crippen molar-refractivity contribution in [1.29, 1.82) is 0 Å². The molecule has 0 amide bonds. The van der Waals surface area contributed by atoms with Gasteiger partial charge in [-0.3, -0.25) is 4.57 Å². The predicted molar refractivity (Wildman–Crippen MR) is 72.7 cm³/mol. The fourth-order valence-corrected chi connectivity index (χ4v) is 1.97. The Morgan fingerprint density at radius 3 is 2.32 bits per heavy atom. The topological polar surface area (TPSA) is 61.8 Å². The third-order valence-electron chi connectivity index (χ3n) is 2.48. The van der Waals surface area contributed by atoms with Crippen LogP contribution in [0.2, 0.25) is 0 Å². The summed E-state index contributed by atoms with van der Waals surface area (Å²) in [5, 5.41) is 0. The van der Waals surface area contributed by atoms with Gasteiger partial charge in [0.2, 0.25) is 0 Å². The van der Waals surface area contributed by atoms with Gasteiger partial charge in [0.25, 0.3) is 0 Å². The number of allylic oxidation sites excluding steroid dienone is 1. The zero-order valence-corrected chi connectivity index (χ0v) is 12.1. The molecule has 0 bridgehead atoms. The van der Waals surface area contributed by atoms with Crippen LogP contribution in [0.5, 0.6) is 0 Å². The molecule has 19 heavy (non-hydrogen) atoms. The Morgan fingerprint density at radius 1 is 1.21 bits per heavy atom. The Labute approximate surface area is 112 Å². The van der Waals surface area contributed by atoms with Gasteiger partial charge in [-0.15, -0.1) is 0 Å². The Bertz CT molecular complexity index is 487. The monoisotopic (exact) mass is 284 g/mol. The molecule has 0 saturated heterocycles. The number of rotatable bonds is 6. The Hall–Kier alpha value is -1.42. The number of hydrogen-bond acceptors (Lipinski definition) is 5. The lowest BCUT2D eigenvalue weighted by Gasteiger charge is -2.12. The summed E-state index contributed by atoms with van der Waals surface area (Å²) in [7, 11) is -0.844. The van der Waals surface area contributed by atoms with E-state index < -0.39 is 19.9 Å². The van der Waals surface area contributed by atoms with E-state index in [9.17, 15) is 9.36 Å². The van der Waals surface area contributed by atoms with Crippen molar-refractivity contribution in [1.82, 2.24) is 0 Å². The van der Waals surface area contributed by atoms with Gasteiger partial charge in [0, 0.05) is 20.3 Å². The highest BCUT2D eigenvalue weighted by Crippen LogP contribution is 2.46. The highest BCUT2D eigenvalue weighted by atomic mass is 31.2. The summed E-state index contributed by atoms with van der Waals surface area (Å²) in [5.74, 6) is -0.587. The van der Waals surface area contributed by atoms with Crippen LogP contribution in [0, 0.1) is 0 Å². The van der Waals surface area contributed by atoms with Gasteiger partial charge in [-0.1, -0.05) is 30.3 Å². The molecule has 0 unspecified atom stereocenters. The molecule has 104 valence electrons. The second-order valence-electron chi connectivity index (χ2n) is 3.76. The van der Waals surface area contributed by atoms with E-state index in [0.29, 0.717) is 0 Å². The van der Waals surface area contributed by atoms with Crippen molar-refractivity contribution >= 4 is 19.1 Å². The molecule has 1 aromatic carbocycles. The van der Waals surface area contributed by atoms with Crippen LogP contribution in [-0.2, 0) is 23.1 Å². The van der Waals surface area contributed by atoms with Gasteiger partial charge in [-0.25, -0.2) is 4.79 Å². The van der Waals surface area contributed by atoms with Crippen LogP contribution in [0.1, 0.15) is 12.5 Å². The van der Waals surface area contributed by atoms with E-state index in [1.54, 1.807) is 6.92 Å². The molecule has 0 spiro atoms. The van der Waals surface area contributed by atoms with E-state index >= 15 is 0 Å². The minimum Gasteiger partial charge on any atom is -0.450 e. The lowest BCUT2D eigenvalue weighted by atomic mass is 10.1. The van der Waals surface area contributed by atoms with Crippen LogP contribution < -0.4 is 0 Å². The van der Waals surface area contributed by atoms with E-state index in [-0.39, 0.29) is 0 Å². The maximum absolute atomic E-state index is 11.7. The molecule has 0 atom stereocenters. The summed E-state index contributed by atoms with van der Waals surface area (Å²) in [6.07, 6.45) is 0.933. The normalized spacial score (nSPS) is 12.3. The summed E-state index contributed by atoms with van der Waals surface area (Å²) in [6.45, 7) is 1.79.